The van der Waals surface area contributed by atoms with Crippen molar-refractivity contribution < 1.29 is 21.0 Å². The number of hydrogen-bond donors (Lipinski definition) is 0. The van der Waals surface area contributed by atoms with E-state index >= 15 is 0 Å². The molecule has 1 heterocycles. The second kappa shape index (κ2) is 3.93. The van der Waals surface area contributed by atoms with Crippen LogP contribution in [0, 0.1) is 0 Å². The molecule has 3 nitrogen and oxygen atoms in total. The van der Waals surface area contributed by atoms with E-state index in [1.54, 1.807) is 0 Å². The van der Waals surface area contributed by atoms with E-state index < -0.39 is 29.3 Å². The lowest BCUT2D eigenvalue weighted by Gasteiger charge is -2.21. The molecule has 1 aliphatic heterocycles. The van der Waals surface area contributed by atoms with Gasteiger partial charge in [-0.2, -0.15) is 13.2 Å². The maximum Gasteiger partial charge on any atom is 0.423 e. The molecule has 0 aromatic rings. The standard InChI is InChI=1S/C8H9F5N3P3/c1-2-5-6-3-7(6)8(5)4-17(9)14-18(10,11)16-19(12,13)15-17/h2-4H2,1H3. The van der Waals surface area contributed by atoms with Crippen molar-refractivity contribution >= 4 is 23.2 Å². The minimum Gasteiger partial charge on any atom is -0.183 e. The molecular weight excluding hydrogens is 326 g/mol. The van der Waals surface area contributed by atoms with Gasteiger partial charge >= 0.3 is 15.7 Å². The average Bonchev–Trinajstić information content (AvgIpc) is 2.85. The number of hydrogen-bond acceptors (Lipinski definition) is 3. The molecular formula is C8H9F5N3P3. The summed E-state index contributed by atoms with van der Waals surface area (Å²) in [6, 6.07) is 0. The zero-order chi connectivity index (χ0) is 14.1. The van der Waals surface area contributed by atoms with Gasteiger partial charge in [-0.3, -0.25) is 0 Å². The van der Waals surface area contributed by atoms with Gasteiger partial charge < -0.3 is 0 Å². The van der Waals surface area contributed by atoms with E-state index in [0.717, 1.165) is 23.1 Å². The third-order valence-electron chi connectivity index (χ3n) is 3.10. The number of allylic oxidation sites excluding steroid dienone is 4. The monoisotopic (exact) mass is 335 g/mol. The Balaban J connectivity index is 1.98. The van der Waals surface area contributed by atoms with Crippen molar-refractivity contribution in [1.82, 2.24) is 0 Å². The van der Waals surface area contributed by atoms with Crippen molar-refractivity contribution in [3.63, 3.8) is 0 Å². The van der Waals surface area contributed by atoms with Crippen LogP contribution in [0.2, 0.25) is 0 Å². The molecule has 0 amide bonds. The van der Waals surface area contributed by atoms with Gasteiger partial charge in [0.05, 0.1) is 6.16 Å². The Bertz CT molecular complexity index is 700. The van der Waals surface area contributed by atoms with Crippen LogP contribution in [0.25, 0.3) is 0 Å². The molecule has 11 heteroatoms. The third-order valence-corrected chi connectivity index (χ3v) is 9.46. The highest BCUT2D eigenvalue weighted by atomic mass is 31.3. The average molecular weight is 335 g/mol. The predicted octanol–water partition coefficient (Wildman–Crippen LogP) is 7.19. The van der Waals surface area contributed by atoms with Crippen LogP contribution in [0.1, 0.15) is 19.8 Å². The van der Waals surface area contributed by atoms with Crippen LogP contribution in [-0.4, -0.2) is 6.16 Å². The van der Waals surface area contributed by atoms with Crippen molar-refractivity contribution in [3.05, 3.63) is 22.3 Å². The van der Waals surface area contributed by atoms with Crippen LogP contribution in [0.5, 0.6) is 0 Å². The number of halogens is 5. The fourth-order valence-electron chi connectivity index (χ4n) is 2.41. The van der Waals surface area contributed by atoms with Gasteiger partial charge in [-0.25, -0.2) is 0 Å². The summed E-state index contributed by atoms with van der Waals surface area (Å²) >= 11 is 0. The van der Waals surface area contributed by atoms with Crippen molar-refractivity contribution in [2.24, 2.45) is 13.5 Å². The molecule has 1 atom stereocenters. The molecule has 0 aromatic heterocycles. The summed E-state index contributed by atoms with van der Waals surface area (Å²) in [5.41, 5.74) is 3.53. The fraction of sp³-hybridized carbons (Fsp3) is 0.500. The Morgan fingerprint density at radius 1 is 0.895 bits per heavy atom. The van der Waals surface area contributed by atoms with E-state index in [-0.39, 0.29) is 0 Å². The Morgan fingerprint density at radius 2 is 1.47 bits per heavy atom. The van der Waals surface area contributed by atoms with Crippen LogP contribution in [0.15, 0.2) is 35.8 Å². The summed E-state index contributed by atoms with van der Waals surface area (Å²) in [5, 5.41) is 0. The molecule has 0 spiro atoms. The van der Waals surface area contributed by atoms with Crippen molar-refractivity contribution in [3.8, 4) is 0 Å². The van der Waals surface area contributed by atoms with Crippen molar-refractivity contribution in [1.29, 1.82) is 0 Å². The highest BCUT2D eigenvalue weighted by molar-refractivity contribution is 7.79. The van der Waals surface area contributed by atoms with Crippen LogP contribution in [0.4, 0.5) is 21.0 Å². The molecule has 106 valence electrons. The van der Waals surface area contributed by atoms with Gasteiger partial charge in [-0.15, -0.1) is 21.3 Å². The third kappa shape index (κ3) is 2.43. The van der Waals surface area contributed by atoms with Crippen LogP contribution in [0.3, 0.4) is 0 Å². The Kier molecular flexibility index (Phi) is 2.85. The normalized spacial score (nSPS) is 33.8. The van der Waals surface area contributed by atoms with Crippen LogP contribution < -0.4 is 0 Å². The van der Waals surface area contributed by atoms with E-state index in [1.807, 2.05) is 11.4 Å². The molecule has 2 aliphatic carbocycles. The van der Waals surface area contributed by atoms with Crippen LogP contribution >= 0.6 is 23.2 Å². The minimum atomic E-state index is -5.57. The molecule has 1 saturated carbocycles. The van der Waals surface area contributed by atoms with Gasteiger partial charge in [0, 0.05) is 0 Å². The summed E-state index contributed by atoms with van der Waals surface area (Å²) in [7, 11) is -15.7. The van der Waals surface area contributed by atoms with Crippen molar-refractivity contribution in [2.75, 3.05) is 6.16 Å². The lowest BCUT2D eigenvalue weighted by atomic mass is 9.96. The Labute approximate surface area is 106 Å². The highest BCUT2D eigenvalue weighted by Crippen LogP contribution is 2.82. The van der Waals surface area contributed by atoms with Gasteiger partial charge in [-0.1, -0.05) is 6.92 Å². The number of fused-ring (bicyclic) bond motifs is 1. The summed E-state index contributed by atoms with van der Waals surface area (Å²) in [5.74, 6) is 0. The molecule has 0 N–H and O–H groups in total. The maximum absolute atomic E-state index is 14.3. The first kappa shape index (κ1) is 13.8. The highest BCUT2D eigenvalue weighted by Gasteiger charge is 2.44. The second-order valence-electron chi connectivity index (χ2n) is 4.43. The summed E-state index contributed by atoms with van der Waals surface area (Å²) in [6.45, 7) is 1.86. The number of rotatable bonds is 3. The molecule has 1 fully saturated rings. The predicted molar refractivity (Wildman–Crippen MR) is 67.4 cm³/mol. The van der Waals surface area contributed by atoms with Crippen molar-refractivity contribution in [2.45, 2.75) is 19.8 Å². The molecule has 0 saturated heterocycles. The van der Waals surface area contributed by atoms with Gasteiger partial charge in [0.25, 0.3) is 7.52 Å². The molecule has 3 aliphatic rings. The van der Waals surface area contributed by atoms with Crippen LogP contribution in [-0.2, 0) is 0 Å². The molecule has 0 radical (unpaired) electrons. The summed E-state index contributed by atoms with van der Waals surface area (Å²) in [4.78, 5) is 0. The van der Waals surface area contributed by atoms with Gasteiger partial charge in [0.2, 0.25) is 0 Å². The zero-order valence-corrected chi connectivity index (χ0v) is 12.4. The van der Waals surface area contributed by atoms with E-state index in [1.165, 1.54) is 0 Å². The van der Waals surface area contributed by atoms with Gasteiger partial charge in [0.1, 0.15) is 0 Å². The number of nitrogens with zero attached hydrogens (tertiary/aromatic N) is 3. The quantitative estimate of drug-likeness (QED) is 0.386. The molecule has 3 rings (SSSR count). The Hall–Kier alpha value is -0.180. The second-order valence-corrected chi connectivity index (χ2v) is 10.00. The first-order chi connectivity index (χ1) is 8.65. The SMILES string of the molecule is CCC1=C2CC2=C1CP1(F)=NP(F)(F)=NP(F)(F)=N1. The zero-order valence-electron chi connectivity index (χ0n) is 9.69. The van der Waals surface area contributed by atoms with E-state index in [2.05, 4.69) is 9.03 Å². The molecule has 0 bridgehead atoms. The maximum atomic E-state index is 14.3. The van der Waals surface area contributed by atoms with Gasteiger partial charge in [-0.05, 0) is 35.1 Å². The van der Waals surface area contributed by atoms with E-state index in [4.69, 9.17) is 0 Å². The lowest BCUT2D eigenvalue weighted by Crippen LogP contribution is -2.01. The Morgan fingerprint density at radius 3 is 2.05 bits per heavy atom. The smallest absolute Gasteiger partial charge is 0.183 e. The summed E-state index contributed by atoms with van der Waals surface area (Å²) in [6.07, 6.45) is 0.866. The lowest BCUT2D eigenvalue weighted by molar-refractivity contribution is 0.696. The molecule has 0 aromatic carbocycles. The fourth-order valence-corrected chi connectivity index (χ4v) is 8.77. The minimum absolute atomic E-state index is 0.504. The molecule has 1 unspecified atom stereocenters. The largest absolute Gasteiger partial charge is 0.423 e. The van der Waals surface area contributed by atoms with E-state index in [0.29, 0.717) is 12.0 Å². The van der Waals surface area contributed by atoms with E-state index in [9.17, 15) is 21.0 Å². The van der Waals surface area contributed by atoms with Gasteiger partial charge in [0.15, 0.2) is 0 Å². The summed E-state index contributed by atoms with van der Waals surface area (Å²) < 4.78 is 74.0. The first-order valence-electron chi connectivity index (χ1n) is 5.48. The molecule has 19 heavy (non-hydrogen) atoms. The topological polar surface area (TPSA) is 37.1 Å². The first-order valence-corrected chi connectivity index (χ1v) is 10.2.